The van der Waals surface area contributed by atoms with Crippen molar-refractivity contribution in [3.05, 3.63) is 145 Å². The van der Waals surface area contributed by atoms with Crippen LogP contribution in [0.4, 0.5) is 0 Å². The van der Waals surface area contributed by atoms with Crippen LogP contribution in [-0.4, -0.2) is 3.21 Å². The molecule has 0 fully saturated rings. The van der Waals surface area contributed by atoms with Gasteiger partial charge in [-0.15, -0.1) is 0 Å². The van der Waals surface area contributed by atoms with Gasteiger partial charge in [0.1, 0.15) is 0 Å². The normalized spacial score (nSPS) is 15.2. The largest absolute Gasteiger partial charge is 1.00 e. The predicted molar refractivity (Wildman–Crippen MR) is 197 cm³/mol. The van der Waals surface area contributed by atoms with E-state index >= 15 is 0 Å². The van der Waals surface area contributed by atoms with Gasteiger partial charge in [-0.2, -0.15) is 0 Å². The molecule has 0 spiro atoms. The minimum absolute atomic E-state index is 0. The van der Waals surface area contributed by atoms with Crippen LogP contribution in [0.2, 0.25) is 0 Å². The maximum Gasteiger partial charge on any atom is -1.00 e. The second-order valence-corrected chi connectivity index (χ2v) is 22.4. The van der Waals surface area contributed by atoms with E-state index in [-0.39, 0.29) is 41.1 Å². The fourth-order valence-electron chi connectivity index (χ4n) is 7.25. The zero-order valence-corrected chi connectivity index (χ0v) is 34.5. The molecule has 2 aliphatic carbocycles. The Morgan fingerprint density at radius 1 is 0.625 bits per heavy atom. The molecule has 4 aromatic rings. The van der Waals surface area contributed by atoms with E-state index in [4.69, 9.17) is 0 Å². The van der Waals surface area contributed by atoms with Crippen LogP contribution in [-0.2, 0) is 38.5 Å². The number of hydrogen-bond donors (Lipinski definition) is 0. The third-order valence-corrected chi connectivity index (χ3v) is 17.9. The van der Waals surface area contributed by atoms with E-state index in [0.717, 1.165) is 12.8 Å². The van der Waals surface area contributed by atoms with Crippen molar-refractivity contribution in [2.45, 2.75) is 92.9 Å². The first kappa shape index (κ1) is 38.5. The topological polar surface area (TPSA) is 0 Å². The molecule has 0 radical (unpaired) electrons. The summed E-state index contributed by atoms with van der Waals surface area (Å²) in [5, 5.41) is 0. The van der Waals surface area contributed by atoms with Crippen molar-refractivity contribution < 1.29 is 46.1 Å². The van der Waals surface area contributed by atoms with Gasteiger partial charge in [0, 0.05) is 0 Å². The van der Waals surface area contributed by atoms with Crippen molar-refractivity contribution >= 4 is 6.48 Å². The summed E-state index contributed by atoms with van der Waals surface area (Å²) in [5.74, 6) is 0.487. The molecule has 0 amide bonds. The van der Waals surface area contributed by atoms with Crippen molar-refractivity contribution in [2.24, 2.45) is 11.3 Å². The number of fused-ring (bicyclic) bond motifs is 3. The van der Waals surface area contributed by atoms with E-state index in [1.165, 1.54) is 44.5 Å². The SMILES string of the molecule is CCC1C=C(C(C)(C)C)C=[C]1[Zr+2](=[C](c1ccc(C(C)(C)C)cc1)c1ccc(C(C)(C)C)cc1)[c]1cccc2c1Cc1ccccc1-2.[Cl-].[Cl-]. The smallest absolute Gasteiger partial charge is 1.00 e. The quantitative estimate of drug-likeness (QED) is 0.230. The molecule has 0 heterocycles. The van der Waals surface area contributed by atoms with E-state index < -0.39 is 21.3 Å². The van der Waals surface area contributed by atoms with E-state index in [2.05, 4.69) is 172 Å². The van der Waals surface area contributed by atoms with Gasteiger partial charge < -0.3 is 24.8 Å². The van der Waals surface area contributed by atoms with Gasteiger partial charge in [0.05, 0.1) is 0 Å². The summed E-state index contributed by atoms with van der Waals surface area (Å²) in [6.45, 7) is 23.4. The van der Waals surface area contributed by atoms with Crippen LogP contribution in [0.25, 0.3) is 11.1 Å². The van der Waals surface area contributed by atoms with E-state index in [1.807, 2.05) is 0 Å². The molecule has 4 aromatic carbocycles. The van der Waals surface area contributed by atoms with Gasteiger partial charge in [-0.1, -0.05) is 0 Å². The summed E-state index contributed by atoms with van der Waals surface area (Å²) in [7, 11) is 0. The van der Waals surface area contributed by atoms with Gasteiger partial charge in [-0.25, -0.2) is 0 Å². The Balaban J connectivity index is 0.00000260. The fourth-order valence-corrected chi connectivity index (χ4v) is 15.9. The van der Waals surface area contributed by atoms with E-state index in [9.17, 15) is 0 Å². The molecule has 6 rings (SSSR count). The summed E-state index contributed by atoms with van der Waals surface area (Å²) in [4.78, 5) is 0. The molecule has 0 nitrogen and oxygen atoms in total. The summed E-state index contributed by atoms with van der Waals surface area (Å²) in [6, 6.07) is 35.7. The van der Waals surface area contributed by atoms with Crippen molar-refractivity contribution in [3.63, 3.8) is 0 Å². The molecule has 0 saturated carbocycles. The van der Waals surface area contributed by atoms with Crippen LogP contribution in [0.5, 0.6) is 0 Å². The zero-order chi connectivity index (χ0) is 33.0. The van der Waals surface area contributed by atoms with E-state index in [1.54, 1.807) is 15.3 Å². The van der Waals surface area contributed by atoms with E-state index in [0.29, 0.717) is 5.92 Å². The second kappa shape index (κ2) is 14.5. The Kier molecular flexibility index (Phi) is 11.6. The van der Waals surface area contributed by atoms with Gasteiger partial charge >= 0.3 is 288 Å². The molecule has 0 saturated heterocycles. The average molecular weight is 755 g/mol. The van der Waals surface area contributed by atoms with Crippen molar-refractivity contribution in [1.29, 1.82) is 0 Å². The third kappa shape index (κ3) is 7.55. The summed E-state index contributed by atoms with van der Waals surface area (Å²) in [5.41, 5.74) is 13.4. The van der Waals surface area contributed by atoms with Crippen LogP contribution in [0.3, 0.4) is 0 Å². The van der Waals surface area contributed by atoms with Crippen LogP contribution in [0.15, 0.2) is 112 Å². The molecule has 0 bridgehead atoms. The van der Waals surface area contributed by atoms with Crippen molar-refractivity contribution in [3.8, 4) is 11.1 Å². The molecule has 250 valence electrons. The monoisotopic (exact) mass is 752 g/mol. The second-order valence-electron chi connectivity index (χ2n) is 16.6. The fraction of sp³-hybridized carbons (Fsp3) is 0.356. The first-order valence-electron chi connectivity index (χ1n) is 17.3. The molecule has 0 N–H and O–H groups in total. The maximum atomic E-state index is 2.66. The summed E-state index contributed by atoms with van der Waals surface area (Å²) in [6.07, 6.45) is 7.47. The van der Waals surface area contributed by atoms with Crippen LogP contribution in [0, 0.1) is 11.3 Å². The van der Waals surface area contributed by atoms with Crippen LogP contribution in [0.1, 0.15) is 109 Å². The maximum absolute atomic E-state index is 2.84. The van der Waals surface area contributed by atoms with Crippen molar-refractivity contribution in [1.82, 2.24) is 0 Å². The Morgan fingerprint density at radius 3 is 1.65 bits per heavy atom. The Labute approximate surface area is 311 Å². The number of hydrogen-bond acceptors (Lipinski definition) is 0. The predicted octanol–water partition coefficient (Wildman–Crippen LogP) is 5.27. The summed E-state index contributed by atoms with van der Waals surface area (Å²) >= 11 is -2.84. The minimum atomic E-state index is -2.84. The molecule has 0 aliphatic heterocycles. The molecule has 0 aromatic heterocycles. The summed E-state index contributed by atoms with van der Waals surface area (Å²) < 4.78 is 4.99. The van der Waals surface area contributed by atoms with Gasteiger partial charge in [-0.05, 0) is 0 Å². The molecular weight excluding hydrogens is 703 g/mol. The molecule has 3 heteroatoms. The first-order chi connectivity index (χ1) is 21.7. The minimum Gasteiger partial charge on any atom is -1.00 e. The van der Waals surface area contributed by atoms with Crippen LogP contribution >= 0.6 is 0 Å². The standard InChI is InChI=1S/C21H26.C13H9.C11H17.2ClH.Zr/c1-20(2,3)18-11-7-16(8-12-18)15-17-9-13-19(14-10-17)21(4,5)6;1-3-7-12-10(5-1)9-11-6-2-4-8-13(11)12;1-5-9-6-7-10(8-9)11(2,3)4;;;/h7-14H,1-6H3;1-5,7-8H,9H2;7-9H,5H2,1-4H3;2*1H;/q;;;;;+2/p-2. The Morgan fingerprint density at radius 2 is 1.15 bits per heavy atom. The molecule has 48 heavy (non-hydrogen) atoms. The van der Waals surface area contributed by atoms with Gasteiger partial charge in [0.25, 0.3) is 0 Å². The number of allylic oxidation sites excluding steroid dienone is 4. The van der Waals surface area contributed by atoms with Gasteiger partial charge in [-0.3, -0.25) is 0 Å². The third-order valence-electron chi connectivity index (χ3n) is 10.1. The number of halogens is 2. The Bertz CT molecular complexity index is 1810. The van der Waals surface area contributed by atoms with Crippen molar-refractivity contribution in [2.75, 3.05) is 0 Å². The molecular formula is C45H52Cl2Zr. The molecule has 2 aliphatic rings. The number of benzene rings is 4. The van der Waals surface area contributed by atoms with Gasteiger partial charge in [0.15, 0.2) is 0 Å². The first-order valence-corrected chi connectivity index (χ1v) is 21.0. The number of rotatable bonds is 5. The molecule has 1 unspecified atom stereocenters. The average Bonchev–Trinajstić information content (AvgIpc) is 3.61. The molecule has 1 atom stereocenters. The zero-order valence-electron chi connectivity index (χ0n) is 30.6. The Hall–Kier alpha value is -2.31. The van der Waals surface area contributed by atoms with Crippen LogP contribution < -0.4 is 28.1 Å². The van der Waals surface area contributed by atoms with Gasteiger partial charge in [0.2, 0.25) is 0 Å².